The number of hydrogen-bond donors (Lipinski definition) is 0. The number of carbonyl (C=O) groups excluding carboxylic acids is 1. The normalized spacial score (nSPS) is 10.6. The molecule has 0 unspecified atom stereocenters. The van der Waals surface area contributed by atoms with Gasteiger partial charge in [-0.25, -0.2) is 0 Å². The third-order valence-electron chi connectivity index (χ3n) is 3.17. The standard InChI is InChI=1S/C15H17NO2.Ga/c1-2-3-4-7-13(17)11-8-9-14(18)15-12(11)6-5-10-16-15;/h5-6,8-10,18H,2-4,7H2,1H3;/q;+1/p-1. The first-order chi connectivity index (χ1) is 9.27. The van der Waals surface area contributed by atoms with Gasteiger partial charge in [-0.05, 0) is 0 Å². The third kappa shape index (κ3) is 3.19. The number of unbranched alkanes of at least 4 members (excludes halogenated alkanes) is 2. The third-order valence-corrected chi connectivity index (χ3v) is 3.70. The second-order valence-electron chi connectivity index (χ2n) is 4.51. The second-order valence-corrected chi connectivity index (χ2v) is 5.00. The molecular weight excluding hydrogens is 296 g/mol. The van der Waals surface area contributed by atoms with Crippen molar-refractivity contribution < 1.29 is 8.32 Å². The molecule has 0 bridgehead atoms. The molecule has 0 amide bonds. The van der Waals surface area contributed by atoms with Gasteiger partial charge in [0.2, 0.25) is 0 Å². The zero-order valence-corrected chi connectivity index (χ0v) is 13.5. The van der Waals surface area contributed by atoms with E-state index < -0.39 is 0 Å². The summed E-state index contributed by atoms with van der Waals surface area (Å²) in [7, 11) is 0. The molecule has 1 aromatic carbocycles. The molecule has 0 fully saturated rings. The molecule has 96 valence electrons. The van der Waals surface area contributed by atoms with Gasteiger partial charge in [-0.1, -0.05) is 0 Å². The maximum atomic E-state index is 12.3. The molecule has 1 heterocycles. The predicted octanol–water partition coefficient (Wildman–Crippen LogP) is 3.46. The van der Waals surface area contributed by atoms with Crippen molar-refractivity contribution in [2.24, 2.45) is 0 Å². The van der Waals surface area contributed by atoms with Gasteiger partial charge in [-0.3, -0.25) is 0 Å². The number of ketones is 1. The molecule has 0 spiro atoms. The minimum atomic E-state index is 0.194. The van der Waals surface area contributed by atoms with E-state index in [-0.39, 0.29) is 5.78 Å². The first-order valence-corrected chi connectivity index (χ1v) is 7.54. The van der Waals surface area contributed by atoms with Crippen molar-refractivity contribution in [2.45, 2.75) is 32.6 Å². The second kappa shape index (κ2) is 6.77. The van der Waals surface area contributed by atoms with Crippen LogP contribution in [-0.4, -0.2) is 29.7 Å². The number of benzene rings is 1. The summed E-state index contributed by atoms with van der Waals surface area (Å²) in [5.74, 6) is 0.931. The SMILES string of the molecule is CCCCCC(=O)c1ccc([O][Ga])c2ncccc12. The molecular formula is C15H16GaNO2. The number of nitrogens with zero attached hydrogens (tertiary/aromatic N) is 1. The molecule has 1 aromatic heterocycles. The van der Waals surface area contributed by atoms with Crippen LogP contribution in [0.4, 0.5) is 0 Å². The maximum absolute atomic E-state index is 12.3. The Morgan fingerprint density at radius 3 is 2.89 bits per heavy atom. The first kappa shape index (κ1) is 14.2. The van der Waals surface area contributed by atoms with Crippen molar-refractivity contribution in [1.29, 1.82) is 0 Å². The summed E-state index contributed by atoms with van der Waals surface area (Å²) < 4.78 is 5.35. The molecule has 3 nitrogen and oxygen atoms in total. The molecule has 2 aromatic rings. The predicted molar refractivity (Wildman–Crippen MR) is 76.6 cm³/mol. The molecule has 2 radical (unpaired) electrons. The van der Waals surface area contributed by atoms with Crippen LogP contribution in [0.2, 0.25) is 0 Å². The van der Waals surface area contributed by atoms with E-state index in [1.54, 1.807) is 6.20 Å². The Bertz CT molecular complexity index is 583. The van der Waals surface area contributed by atoms with Crippen molar-refractivity contribution >= 4 is 35.7 Å². The molecule has 0 saturated carbocycles. The zero-order valence-electron chi connectivity index (χ0n) is 11.1. The Morgan fingerprint density at radius 2 is 2.16 bits per heavy atom. The summed E-state index contributed by atoms with van der Waals surface area (Å²) in [6.45, 7) is 2.14. The van der Waals surface area contributed by atoms with E-state index in [1.807, 2.05) is 24.3 Å². The molecule has 0 saturated heterocycles. The number of pyridine rings is 1. The fourth-order valence-electron chi connectivity index (χ4n) is 2.16. The Kier molecular flexibility index (Phi) is 5.04. The summed E-state index contributed by atoms with van der Waals surface area (Å²) in [5.41, 5.74) is 1.53. The van der Waals surface area contributed by atoms with Gasteiger partial charge in [0.15, 0.2) is 0 Å². The summed E-state index contributed by atoms with van der Waals surface area (Å²) in [6.07, 6.45) is 5.50. The van der Waals surface area contributed by atoms with E-state index in [2.05, 4.69) is 11.9 Å². The Hall–Kier alpha value is -1.26. The van der Waals surface area contributed by atoms with E-state index in [9.17, 15) is 4.79 Å². The van der Waals surface area contributed by atoms with Crippen molar-refractivity contribution in [1.82, 2.24) is 4.98 Å². The van der Waals surface area contributed by atoms with Crippen LogP contribution < -0.4 is 3.53 Å². The first-order valence-electron chi connectivity index (χ1n) is 6.55. The monoisotopic (exact) mass is 311 g/mol. The van der Waals surface area contributed by atoms with Crippen molar-refractivity contribution in [3.05, 3.63) is 36.0 Å². The van der Waals surface area contributed by atoms with Crippen LogP contribution in [0.25, 0.3) is 10.9 Å². The summed E-state index contributed by atoms with van der Waals surface area (Å²) in [6, 6.07) is 7.48. The van der Waals surface area contributed by atoms with Crippen LogP contribution in [0.1, 0.15) is 43.0 Å². The molecule has 0 N–H and O–H groups in total. The number of Topliss-reactive ketones (excluding diaryl/α,β-unsaturated/α-hetero) is 1. The van der Waals surface area contributed by atoms with Crippen molar-refractivity contribution in [3.8, 4) is 5.75 Å². The number of carbonyl (C=O) groups is 1. The molecule has 0 aliphatic carbocycles. The van der Waals surface area contributed by atoms with Gasteiger partial charge < -0.3 is 0 Å². The van der Waals surface area contributed by atoms with Crippen LogP contribution in [0.5, 0.6) is 5.75 Å². The minimum absolute atomic E-state index is 0.194. The molecule has 0 atom stereocenters. The van der Waals surface area contributed by atoms with E-state index >= 15 is 0 Å². The van der Waals surface area contributed by atoms with Crippen molar-refractivity contribution in [3.63, 3.8) is 0 Å². The topological polar surface area (TPSA) is 39.2 Å². The van der Waals surface area contributed by atoms with Gasteiger partial charge in [0.1, 0.15) is 0 Å². The number of aromatic nitrogens is 1. The Labute approximate surface area is 123 Å². The van der Waals surface area contributed by atoms with E-state index in [4.69, 9.17) is 3.53 Å². The summed E-state index contributed by atoms with van der Waals surface area (Å²) >= 11 is 1.17. The van der Waals surface area contributed by atoms with E-state index in [1.165, 1.54) is 19.0 Å². The fourth-order valence-corrected chi connectivity index (χ4v) is 2.55. The van der Waals surface area contributed by atoms with Gasteiger partial charge in [-0.2, -0.15) is 0 Å². The molecule has 4 heteroatoms. The summed E-state index contributed by atoms with van der Waals surface area (Å²) in [5, 5.41) is 0.888. The van der Waals surface area contributed by atoms with E-state index in [0.717, 1.165) is 41.5 Å². The van der Waals surface area contributed by atoms with Crippen LogP contribution in [-0.2, 0) is 0 Å². The van der Waals surface area contributed by atoms with E-state index in [0.29, 0.717) is 6.42 Å². The zero-order chi connectivity index (χ0) is 13.7. The van der Waals surface area contributed by atoms with Crippen LogP contribution in [0.15, 0.2) is 30.5 Å². The molecule has 0 aliphatic rings. The van der Waals surface area contributed by atoms with Gasteiger partial charge in [0.25, 0.3) is 0 Å². The average molecular weight is 312 g/mol. The quantitative estimate of drug-likeness (QED) is 0.466. The van der Waals surface area contributed by atoms with Crippen LogP contribution in [0.3, 0.4) is 0 Å². The van der Waals surface area contributed by atoms with Crippen molar-refractivity contribution in [2.75, 3.05) is 0 Å². The molecule has 2 rings (SSSR count). The number of rotatable bonds is 6. The average Bonchev–Trinajstić information content (AvgIpc) is 2.46. The van der Waals surface area contributed by atoms with Gasteiger partial charge >= 0.3 is 123 Å². The molecule has 19 heavy (non-hydrogen) atoms. The van der Waals surface area contributed by atoms with Gasteiger partial charge in [-0.15, -0.1) is 0 Å². The number of fused-ring (bicyclic) bond motifs is 1. The van der Waals surface area contributed by atoms with Gasteiger partial charge in [0.05, 0.1) is 0 Å². The molecule has 0 aliphatic heterocycles. The Balaban J connectivity index is 2.36. The number of hydrogen-bond acceptors (Lipinski definition) is 3. The summed E-state index contributed by atoms with van der Waals surface area (Å²) in [4.78, 5) is 16.6. The fraction of sp³-hybridized carbons (Fsp3) is 0.333. The van der Waals surface area contributed by atoms with Crippen LogP contribution >= 0.6 is 0 Å². The van der Waals surface area contributed by atoms with Gasteiger partial charge in [0, 0.05) is 0 Å². The van der Waals surface area contributed by atoms with Crippen LogP contribution in [0, 0.1) is 0 Å². The Morgan fingerprint density at radius 1 is 1.32 bits per heavy atom.